The second-order valence-corrected chi connectivity index (χ2v) is 6.34. The van der Waals surface area contributed by atoms with Crippen molar-refractivity contribution in [2.75, 3.05) is 32.7 Å². The standard InChI is InChI=1S/C14H21N3OS/c1-11(14(18)16-7-4-15-5-8-16)17-6-2-13-12(10-17)3-9-19-13/h3,9,11,15H,2,4-8,10H2,1H3. The van der Waals surface area contributed by atoms with Gasteiger partial charge in [-0.2, -0.15) is 0 Å². The van der Waals surface area contributed by atoms with Gasteiger partial charge < -0.3 is 10.2 Å². The maximum Gasteiger partial charge on any atom is 0.239 e. The second kappa shape index (κ2) is 5.61. The average Bonchev–Trinajstić information content (AvgIpc) is 2.94. The SMILES string of the molecule is CC(C(=O)N1CCNCC1)N1CCc2sccc2C1. The van der Waals surface area contributed by atoms with E-state index in [1.165, 1.54) is 10.4 Å². The van der Waals surface area contributed by atoms with Crippen LogP contribution in [0.25, 0.3) is 0 Å². The van der Waals surface area contributed by atoms with Gasteiger partial charge in [0.25, 0.3) is 0 Å². The summed E-state index contributed by atoms with van der Waals surface area (Å²) in [4.78, 5) is 18.3. The van der Waals surface area contributed by atoms with Crippen molar-refractivity contribution < 1.29 is 4.79 Å². The molecule has 19 heavy (non-hydrogen) atoms. The Morgan fingerprint density at radius 2 is 2.16 bits per heavy atom. The zero-order valence-corrected chi connectivity index (χ0v) is 12.2. The molecular formula is C14H21N3OS. The molecule has 1 atom stereocenters. The van der Waals surface area contributed by atoms with E-state index in [1.54, 1.807) is 0 Å². The Bertz CT molecular complexity index is 453. The third-order valence-electron chi connectivity index (χ3n) is 4.17. The minimum atomic E-state index is 0.00569. The van der Waals surface area contributed by atoms with Crippen molar-refractivity contribution in [3.63, 3.8) is 0 Å². The van der Waals surface area contributed by atoms with Crippen molar-refractivity contribution in [1.82, 2.24) is 15.1 Å². The molecule has 0 radical (unpaired) electrons. The molecule has 0 aromatic carbocycles. The molecule has 104 valence electrons. The van der Waals surface area contributed by atoms with E-state index in [4.69, 9.17) is 0 Å². The molecule has 1 aromatic heterocycles. The molecule has 2 aliphatic rings. The second-order valence-electron chi connectivity index (χ2n) is 5.34. The summed E-state index contributed by atoms with van der Waals surface area (Å²) in [5, 5.41) is 5.46. The van der Waals surface area contributed by atoms with Crippen LogP contribution in [0.5, 0.6) is 0 Å². The summed E-state index contributed by atoms with van der Waals surface area (Å²) in [6.45, 7) is 7.54. The molecule has 0 aliphatic carbocycles. The lowest BCUT2D eigenvalue weighted by atomic mass is 10.1. The minimum absolute atomic E-state index is 0.00569. The first-order valence-corrected chi connectivity index (χ1v) is 7.92. The zero-order chi connectivity index (χ0) is 13.2. The van der Waals surface area contributed by atoms with Gasteiger partial charge >= 0.3 is 0 Å². The van der Waals surface area contributed by atoms with Gasteiger partial charge in [-0.3, -0.25) is 9.69 Å². The predicted molar refractivity (Wildman–Crippen MR) is 77.3 cm³/mol. The number of fused-ring (bicyclic) bond motifs is 1. The summed E-state index contributed by atoms with van der Waals surface area (Å²) in [5.41, 5.74) is 1.41. The molecule has 1 fully saturated rings. The van der Waals surface area contributed by atoms with Crippen LogP contribution in [-0.2, 0) is 17.8 Å². The third-order valence-corrected chi connectivity index (χ3v) is 5.19. The van der Waals surface area contributed by atoms with E-state index in [0.717, 1.165) is 45.7 Å². The molecular weight excluding hydrogens is 258 g/mol. The lowest BCUT2D eigenvalue weighted by Crippen LogP contribution is -2.53. The molecule has 5 heteroatoms. The minimum Gasteiger partial charge on any atom is -0.339 e. The molecule has 2 aliphatic heterocycles. The molecule has 1 aromatic rings. The molecule has 0 spiro atoms. The Kier molecular flexibility index (Phi) is 3.86. The number of piperazine rings is 1. The van der Waals surface area contributed by atoms with E-state index in [-0.39, 0.29) is 6.04 Å². The smallest absolute Gasteiger partial charge is 0.239 e. The predicted octanol–water partition coefficient (Wildman–Crippen LogP) is 0.926. The number of rotatable bonds is 2. The van der Waals surface area contributed by atoms with Crippen LogP contribution in [0, 0.1) is 0 Å². The third kappa shape index (κ3) is 2.68. The van der Waals surface area contributed by atoms with E-state index < -0.39 is 0 Å². The lowest BCUT2D eigenvalue weighted by molar-refractivity contribution is -0.137. The maximum absolute atomic E-state index is 12.5. The van der Waals surface area contributed by atoms with Crippen molar-refractivity contribution in [2.45, 2.75) is 25.9 Å². The molecule has 0 saturated carbocycles. The Morgan fingerprint density at radius 1 is 1.37 bits per heavy atom. The first-order chi connectivity index (χ1) is 9.25. The van der Waals surface area contributed by atoms with Gasteiger partial charge in [0.1, 0.15) is 0 Å². The number of carbonyl (C=O) groups is 1. The Balaban J connectivity index is 1.64. The van der Waals surface area contributed by atoms with Crippen LogP contribution in [0.2, 0.25) is 0 Å². The Morgan fingerprint density at radius 3 is 2.95 bits per heavy atom. The fourth-order valence-corrected chi connectivity index (χ4v) is 3.80. The summed E-state index contributed by atoms with van der Waals surface area (Å²) in [5.74, 6) is 0.292. The van der Waals surface area contributed by atoms with E-state index in [9.17, 15) is 4.79 Å². The highest BCUT2D eigenvalue weighted by Crippen LogP contribution is 2.25. The highest BCUT2D eigenvalue weighted by molar-refractivity contribution is 7.10. The van der Waals surface area contributed by atoms with E-state index in [1.807, 2.05) is 16.2 Å². The first kappa shape index (κ1) is 13.1. The van der Waals surface area contributed by atoms with Gasteiger partial charge in [0.05, 0.1) is 6.04 Å². The molecule has 4 nitrogen and oxygen atoms in total. The highest BCUT2D eigenvalue weighted by atomic mass is 32.1. The largest absolute Gasteiger partial charge is 0.339 e. The van der Waals surface area contributed by atoms with E-state index in [0.29, 0.717) is 5.91 Å². The van der Waals surface area contributed by atoms with Crippen LogP contribution < -0.4 is 5.32 Å². The lowest BCUT2D eigenvalue weighted by Gasteiger charge is -2.36. The summed E-state index contributed by atoms with van der Waals surface area (Å²) in [6, 6.07) is 2.21. The van der Waals surface area contributed by atoms with Crippen LogP contribution in [0.3, 0.4) is 0 Å². The Hall–Kier alpha value is -0.910. The van der Waals surface area contributed by atoms with Gasteiger partial charge in [0, 0.05) is 44.1 Å². The number of carbonyl (C=O) groups excluding carboxylic acids is 1. The summed E-state index contributed by atoms with van der Waals surface area (Å²) < 4.78 is 0. The van der Waals surface area contributed by atoms with Crippen LogP contribution in [0.4, 0.5) is 0 Å². The maximum atomic E-state index is 12.5. The number of amides is 1. The summed E-state index contributed by atoms with van der Waals surface area (Å²) in [7, 11) is 0. The first-order valence-electron chi connectivity index (χ1n) is 7.04. The quantitative estimate of drug-likeness (QED) is 0.875. The van der Waals surface area contributed by atoms with Crippen LogP contribution in [0.15, 0.2) is 11.4 Å². The number of hydrogen-bond donors (Lipinski definition) is 1. The number of nitrogens with one attached hydrogen (secondary N) is 1. The van der Waals surface area contributed by atoms with Crippen LogP contribution >= 0.6 is 11.3 Å². The summed E-state index contributed by atoms with van der Waals surface area (Å²) in [6.07, 6.45) is 1.09. The highest BCUT2D eigenvalue weighted by Gasteiger charge is 2.29. The van der Waals surface area contributed by atoms with Crippen molar-refractivity contribution in [1.29, 1.82) is 0 Å². The molecule has 1 N–H and O–H groups in total. The monoisotopic (exact) mass is 279 g/mol. The van der Waals surface area contributed by atoms with Crippen molar-refractivity contribution in [2.24, 2.45) is 0 Å². The normalized spacial score (nSPS) is 22.1. The van der Waals surface area contributed by atoms with Crippen LogP contribution in [0.1, 0.15) is 17.4 Å². The van der Waals surface area contributed by atoms with E-state index >= 15 is 0 Å². The molecule has 0 bridgehead atoms. The molecule has 3 heterocycles. The van der Waals surface area contributed by atoms with Gasteiger partial charge in [-0.05, 0) is 30.4 Å². The topological polar surface area (TPSA) is 35.6 Å². The molecule has 3 rings (SSSR count). The van der Waals surface area contributed by atoms with E-state index in [2.05, 4.69) is 28.6 Å². The fraction of sp³-hybridized carbons (Fsp3) is 0.643. The van der Waals surface area contributed by atoms with Crippen molar-refractivity contribution in [3.05, 3.63) is 21.9 Å². The Labute approximate surface area is 118 Å². The van der Waals surface area contributed by atoms with Gasteiger partial charge in [-0.15, -0.1) is 11.3 Å². The molecule has 1 unspecified atom stereocenters. The van der Waals surface area contributed by atoms with Crippen molar-refractivity contribution in [3.8, 4) is 0 Å². The fourth-order valence-electron chi connectivity index (χ4n) is 2.91. The summed E-state index contributed by atoms with van der Waals surface area (Å²) >= 11 is 1.85. The number of hydrogen-bond acceptors (Lipinski definition) is 4. The molecule has 1 saturated heterocycles. The van der Waals surface area contributed by atoms with Crippen molar-refractivity contribution >= 4 is 17.2 Å². The number of thiophene rings is 1. The van der Waals surface area contributed by atoms with Gasteiger partial charge in [-0.1, -0.05) is 0 Å². The van der Waals surface area contributed by atoms with Crippen LogP contribution in [-0.4, -0.2) is 54.5 Å². The molecule has 1 amide bonds. The van der Waals surface area contributed by atoms with Gasteiger partial charge in [-0.25, -0.2) is 0 Å². The average molecular weight is 279 g/mol. The van der Waals surface area contributed by atoms with Gasteiger partial charge in [0.2, 0.25) is 5.91 Å². The number of nitrogens with zero attached hydrogens (tertiary/aromatic N) is 2. The zero-order valence-electron chi connectivity index (χ0n) is 11.4. The van der Waals surface area contributed by atoms with Gasteiger partial charge in [0.15, 0.2) is 0 Å².